The SMILES string of the molecule is Cn1c(N2CCCC2)nc2oc(-c3ccc(C4(N)CCC4)cc3)c(-c3ccccc3)c2c1=O. The van der Waals surface area contributed by atoms with E-state index in [4.69, 9.17) is 15.1 Å². The van der Waals surface area contributed by atoms with E-state index in [1.807, 2.05) is 30.3 Å². The standard InChI is InChI=1S/C27H28N4O2/c1-30-25(32)22-21(18-8-3-2-4-9-18)23(33-24(22)29-26(30)31-16-5-6-17-31)19-10-12-20(13-11-19)27(28)14-7-15-27/h2-4,8-13H,5-7,14-17,28H2,1H3. The first-order chi connectivity index (χ1) is 16.0. The molecule has 6 rings (SSSR count). The zero-order valence-electron chi connectivity index (χ0n) is 18.9. The quantitative estimate of drug-likeness (QED) is 0.493. The average Bonchev–Trinajstić information content (AvgIpc) is 3.49. The molecule has 0 atom stereocenters. The Morgan fingerprint density at radius 3 is 2.27 bits per heavy atom. The van der Waals surface area contributed by atoms with Crippen LogP contribution in [0.2, 0.25) is 0 Å². The van der Waals surface area contributed by atoms with Crippen molar-refractivity contribution in [1.29, 1.82) is 0 Å². The molecule has 33 heavy (non-hydrogen) atoms. The normalized spacial score (nSPS) is 17.5. The van der Waals surface area contributed by atoms with Gasteiger partial charge in [-0.05, 0) is 43.2 Å². The third-order valence-electron chi connectivity index (χ3n) is 7.33. The molecule has 1 aliphatic heterocycles. The van der Waals surface area contributed by atoms with E-state index in [0.717, 1.165) is 61.0 Å². The molecule has 168 valence electrons. The van der Waals surface area contributed by atoms with Crippen molar-refractivity contribution in [3.05, 3.63) is 70.5 Å². The Morgan fingerprint density at radius 2 is 1.64 bits per heavy atom. The Morgan fingerprint density at radius 1 is 0.939 bits per heavy atom. The molecular weight excluding hydrogens is 412 g/mol. The number of anilines is 1. The molecule has 6 nitrogen and oxygen atoms in total. The topological polar surface area (TPSA) is 77.3 Å². The molecule has 2 aromatic heterocycles. The van der Waals surface area contributed by atoms with Crippen LogP contribution in [0.15, 0.2) is 63.8 Å². The smallest absolute Gasteiger partial charge is 0.266 e. The van der Waals surface area contributed by atoms with Crippen molar-refractivity contribution in [1.82, 2.24) is 9.55 Å². The molecule has 2 aliphatic rings. The highest BCUT2D eigenvalue weighted by molar-refractivity contribution is 6.00. The maximum absolute atomic E-state index is 13.6. The van der Waals surface area contributed by atoms with E-state index < -0.39 is 0 Å². The second-order valence-electron chi connectivity index (χ2n) is 9.41. The van der Waals surface area contributed by atoms with Crippen LogP contribution in [-0.4, -0.2) is 22.6 Å². The Hall–Kier alpha value is -3.38. The molecule has 0 spiro atoms. The highest BCUT2D eigenvalue weighted by atomic mass is 16.3. The maximum Gasteiger partial charge on any atom is 0.266 e. The monoisotopic (exact) mass is 440 g/mol. The summed E-state index contributed by atoms with van der Waals surface area (Å²) in [5.74, 6) is 1.35. The molecule has 1 saturated heterocycles. The average molecular weight is 441 g/mol. The molecule has 1 aliphatic carbocycles. The summed E-state index contributed by atoms with van der Waals surface area (Å²) in [6, 6.07) is 18.3. The summed E-state index contributed by atoms with van der Waals surface area (Å²) >= 11 is 0. The molecule has 1 saturated carbocycles. The van der Waals surface area contributed by atoms with Crippen LogP contribution < -0.4 is 16.2 Å². The maximum atomic E-state index is 13.6. The lowest BCUT2D eigenvalue weighted by molar-refractivity contribution is 0.253. The number of furan rings is 1. The zero-order valence-corrected chi connectivity index (χ0v) is 18.9. The minimum absolute atomic E-state index is 0.0808. The second kappa shape index (κ2) is 7.59. The van der Waals surface area contributed by atoms with Crippen LogP contribution in [0.25, 0.3) is 33.6 Å². The van der Waals surface area contributed by atoms with E-state index in [2.05, 4.69) is 29.2 Å². The van der Waals surface area contributed by atoms with Gasteiger partial charge in [-0.15, -0.1) is 0 Å². The molecule has 2 fully saturated rings. The molecule has 0 radical (unpaired) electrons. The van der Waals surface area contributed by atoms with E-state index in [1.165, 1.54) is 6.42 Å². The van der Waals surface area contributed by atoms with Crippen LogP contribution in [0.1, 0.15) is 37.7 Å². The number of rotatable bonds is 4. The lowest BCUT2D eigenvalue weighted by Crippen LogP contribution is -2.43. The molecular formula is C27H28N4O2. The van der Waals surface area contributed by atoms with Crippen molar-refractivity contribution < 1.29 is 4.42 Å². The Labute approximate surface area is 192 Å². The molecule has 0 unspecified atom stereocenters. The summed E-state index contributed by atoms with van der Waals surface area (Å²) in [6.07, 6.45) is 5.44. The fraction of sp³-hybridized carbons (Fsp3) is 0.333. The number of fused-ring (bicyclic) bond motifs is 1. The first-order valence-electron chi connectivity index (χ1n) is 11.8. The summed E-state index contributed by atoms with van der Waals surface area (Å²) in [7, 11) is 1.80. The summed E-state index contributed by atoms with van der Waals surface area (Å²) in [4.78, 5) is 20.6. The third-order valence-corrected chi connectivity index (χ3v) is 7.33. The summed E-state index contributed by atoms with van der Waals surface area (Å²) in [5, 5.41) is 0.528. The van der Waals surface area contributed by atoms with E-state index >= 15 is 0 Å². The first kappa shape index (κ1) is 20.2. The van der Waals surface area contributed by atoms with Crippen molar-refractivity contribution in [2.75, 3.05) is 18.0 Å². The third kappa shape index (κ3) is 3.20. The Kier molecular flexibility index (Phi) is 4.66. The van der Waals surface area contributed by atoms with Crippen LogP contribution in [0.4, 0.5) is 5.95 Å². The molecule has 6 heteroatoms. The molecule has 0 bridgehead atoms. The van der Waals surface area contributed by atoms with Gasteiger partial charge in [0.25, 0.3) is 5.56 Å². The number of benzene rings is 2. The summed E-state index contributed by atoms with van der Waals surface area (Å²) in [5.41, 5.74) is 10.4. The van der Waals surface area contributed by atoms with Crippen molar-refractivity contribution >= 4 is 17.0 Å². The van der Waals surface area contributed by atoms with Gasteiger partial charge in [0.15, 0.2) is 0 Å². The van der Waals surface area contributed by atoms with E-state index in [9.17, 15) is 4.79 Å². The van der Waals surface area contributed by atoms with Crippen LogP contribution in [-0.2, 0) is 12.6 Å². The predicted molar refractivity (Wildman–Crippen MR) is 131 cm³/mol. The van der Waals surface area contributed by atoms with Gasteiger partial charge in [-0.25, -0.2) is 0 Å². The zero-order chi connectivity index (χ0) is 22.6. The lowest BCUT2D eigenvalue weighted by atomic mass is 9.72. The van der Waals surface area contributed by atoms with Gasteiger partial charge in [-0.1, -0.05) is 54.6 Å². The molecule has 4 aromatic rings. The van der Waals surface area contributed by atoms with E-state index in [-0.39, 0.29) is 11.1 Å². The van der Waals surface area contributed by atoms with E-state index in [0.29, 0.717) is 22.8 Å². The highest BCUT2D eigenvalue weighted by Gasteiger charge is 2.34. The predicted octanol–water partition coefficient (Wildman–Crippen LogP) is 4.80. The molecule has 3 heterocycles. The van der Waals surface area contributed by atoms with Gasteiger partial charge in [0.2, 0.25) is 11.7 Å². The lowest BCUT2D eigenvalue weighted by Gasteiger charge is -2.38. The largest absolute Gasteiger partial charge is 0.437 e. The van der Waals surface area contributed by atoms with Crippen LogP contribution in [0, 0.1) is 0 Å². The van der Waals surface area contributed by atoms with Crippen molar-refractivity contribution in [2.24, 2.45) is 12.8 Å². The number of hydrogen-bond acceptors (Lipinski definition) is 5. The minimum atomic E-state index is -0.212. The Bertz CT molecular complexity index is 1380. The van der Waals surface area contributed by atoms with Gasteiger partial charge < -0.3 is 15.1 Å². The van der Waals surface area contributed by atoms with Crippen LogP contribution in [0.5, 0.6) is 0 Å². The molecule has 2 aromatic carbocycles. The van der Waals surface area contributed by atoms with Crippen molar-refractivity contribution in [3.63, 3.8) is 0 Å². The van der Waals surface area contributed by atoms with E-state index in [1.54, 1.807) is 11.6 Å². The fourth-order valence-electron chi connectivity index (χ4n) is 5.20. The number of aromatic nitrogens is 2. The van der Waals surface area contributed by atoms with Gasteiger partial charge in [-0.3, -0.25) is 9.36 Å². The summed E-state index contributed by atoms with van der Waals surface area (Å²) < 4.78 is 8.02. The van der Waals surface area contributed by atoms with Crippen molar-refractivity contribution in [3.8, 4) is 22.5 Å². The Balaban J connectivity index is 1.56. The van der Waals surface area contributed by atoms with Gasteiger partial charge >= 0.3 is 0 Å². The second-order valence-corrected chi connectivity index (χ2v) is 9.41. The van der Waals surface area contributed by atoms with Gasteiger partial charge in [0, 0.05) is 36.8 Å². The minimum Gasteiger partial charge on any atom is -0.437 e. The number of hydrogen-bond donors (Lipinski definition) is 1. The number of nitrogens with zero attached hydrogens (tertiary/aromatic N) is 3. The van der Waals surface area contributed by atoms with Crippen LogP contribution in [0.3, 0.4) is 0 Å². The number of nitrogens with two attached hydrogens (primary N) is 1. The van der Waals surface area contributed by atoms with Gasteiger partial charge in [-0.2, -0.15) is 4.98 Å². The van der Waals surface area contributed by atoms with Crippen molar-refractivity contribution in [2.45, 2.75) is 37.6 Å². The van der Waals surface area contributed by atoms with Gasteiger partial charge in [0.1, 0.15) is 11.1 Å². The fourth-order valence-corrected chi connectivity index (χ4v) is 5.20. The molecule has 0 amide bonds. The highest BCUT2D eigenvalue weighted by Crippen LogP contribution is 2.42. The first-order valence-corrected chi connectivity index (χ1v) is 11.8. The summed E-state index contributed by atoms with van der Waals surface area (Å²) in [6.45, 7) is 1.82. The van der Waals surface area contributed by atoms with Gasteiger partial charge in [0.05, 0.1) is 0 Å². The molecule has 2 N–H and O–H groups in total. The van der Waals surface area contributed by atoms with Crippen LogP contribution >= 0.6 is 0 Å².